The molecule has 2 saturated heterocycles. The number of β-amino-alcohol motifs (C(OH)–C–C–N with tert-alkyl or cyclic N) is 1. The van der Waals surface area contributed by atoms with Crippen molar-refractivity contribution < 1.29 is 75.8 Å². The van der Waals surface area contributed by atoms with E-state index in [1.165, 1.54) is 38.2 Å². The summed E-state index contributed by atoms with van der Waals surface area (Å²) in [6.45, 7) is 13.6. The Morgan fingerprint density at radius 1 is 0.859 bits per heavy atom. The van der Waals surface area contributed by atoms with Crippen LogP contribution >= 0.6 is 46.2 Å². The van der Waals surface area contributed by atoms with Gasteiger partial charge < -0.3 is 64.9 Å². The Balaban J connectivity index is 0.791. The van der Waals surface area contributed by atoms with Gasteiger partial charge in [-0.3, -0.25) is 38.1 Å². The molecule has 0 aliphatic carbocycles. The summed E-state index contributed by atoms with van der Waals surface area (Å²) in [6.07, 6.45) is -0.418. The highest BCUT2D eigenvalue weighted by molar-refractivity contribution is 9.10. The number of fused-ring (bicyclic) bond motifs is 1. The topological polar surface area (TPSA) is 312 Å². The Hall–Kier alpha value is -6.88. The van der Waals surface area contributed by atoms with E-state index in [0.29, 0.717) is 40.2 Å². The van der Waals surface area contributed by atoms with Gasteiger partial charge in [-0.15, -0.1) is 22.7 Å². The molecule has 496 valence electrons. The number of hydrogen-bond donors (Lipinski definition) is 7. The molecular formula is C63H77BrF2N9O14PS2. The largest absolute Gasteiger partial charge is 0.399 e. The molecule has 0 radical (unpaired) electrons. The molecule has 3 aromatic carbocycles. The Kier molecular flexibility index (Phi) is 23.8. The first-order valence-electron chi connectivity index (χ1n) is 30.1. The number of rotatable bonds is 28. The predicted molar refractivity (Wildman–Crippen MR) is 345 cm³/mol. The zero-order chi connectivity index (χ0) is 66.8. The Bertz CT molecular complexity index is 3650. The minimum absolute atomic E-state index is 0.00505. The highest BCUT2D eigenvalue weighted by atomic mass is 79.9. The third kappa shape index (κ3) is 17.7. The van der Waals surface area contributed by atoms with Gasteiger partial charge in [-0.1, -0.05) is 86.0 Å². The first-order chi connectivity index (χ1) is 43.5. The van der Waals surface area contributed by atoms with Crippen molar-refractivity contribution in [1.29, 1.82) is 0 Å². The van der Waals surface area contributed by atoms with Crippen LogP contribution in [0.3, 0.4) is 0 Å². The maximum atomic E-state index is 14.6. The number of nitrogens with one attached hydrogen (secondary N) is 4. The van der Waals surface area contributed by atoms with Gasteiger partial charge in [0, 0.05) is 72.1 Å². The van der Waals surface area contributed by atoms with Crippen molar-refractivity contribution in [2.45, 2.75) is 122 Å². The lowest BCUT2D eigenvalue weighted by Crippen LogP contribution is -2.58. The van der Waals surface area contributed by atoms with E-state index in [2.05, 4.69) is 47.3 Å². The quantitative estimate of drug-likeness (QED) is 0.0180. The molecule has 7 N–H and O–H groups in total. The summed E-state index contributed by atoms with van der Waals surface area (Å²) in [5, 5.41) is 26.4. The van der Waals surface area contributed by atoms with Crippen molar-refractivity contribution in [2.75, 3.05) is 64.1 Å². The minimum atomic E-state index is -5.85. The lowest BCUT2D eigenvalue weighted by atomic mass is 9.85. The number of carbonyl (C=O) groups excluding carboxylic acids is 7. The lowest BCUT2D eigenvalue weighted by molar-refractivity contribution is -0.141. The van der Waals surface area contributed by atoms with E-state index in [1.807, 2.05) is 45.0 Å². The van der Waals surface area contributed by atoms with Gasteiger partial charge in [-0.2, -0.15) is 8.78 Å². The lowest BCUT2D eigenvalue weighted by Gasteiger charge is -2.36. The highest BCUT2D eigenvalue weighted by Crippen LogP contribution is 2.59. The fraction of sp³-hybridized carbons (Fsp3) is 0.476. The number of amides is 7. The smallest absolute Gasteiger partial charge is 0.391 e. The molecule has 0 unspecified atom stereocenters. The van der Waals surface area contributed by atoms with Crippen LogP contribution < -0.4 is 26.2 Å². The maximum absolute atomic E-state index is 14.6. The summed E-state index contributed by atoms with van der Waals surface area (Å²) in [6, 6.07) is 16.5. The zero-order valence-corrected chi connectivity index (χ0v) is 56.1. The fourth-order valence-corrected chi connectivity index (χ4v) is 13.6. The SMILES string of the molecule is Cc1cc([C@H](C(=O)N2C[C@H](O)C[C@H]2C(=O)N[C@@H](CC(=O)NCCOCCOCCNC(=O)CCN(C(=O)[C@@H]2CCCN2C(=O)[C@@H](NC(=O)c2cc3cc(C(F)(F)P(=O)(O)O)ccc3s2)C(C)(C)C)c2ccc(Br)cc2)c2ccc(-c3scnc3C)cc2)C(C)C)on1. The Morgan fingerprint density at radius 2 is 1.53 bits per heavy atom. The molecule has 8 rings (SSSR count). The number of likely N-dealkylation sites (tertiary alicyclic amines) is 2. The molecule has 0 saturated carbocycles. The number of ether oxygens (including phenoxy) is 2. The van der Waals surface area contributed by atoms with Crippen LogP contribution in [0.15, 0.2) is 93.4 Å². The van der Waals surface area contributed by atoms with Crippen LogP contribution in [-0.4, -0.2) is 160 Å². The number of aromatic nitrogens is 2. The number of anilines is 1. The second kappa shape index (κ2) is 30.9. The third-order valence-corrected chi connectivity index (χ3v) is 19.5. The number of thiazole rings is 1. The zero-order valence-electron chi connectivity index (χ0n) is 52.0. The van der Waals surface area contributed by atoms with E-state index in [0.717, 1.165) is 44.1 Å². The van der Waals surface area contributed by atoms with E-state index < -0.39 is 84.1 Å². The molecule has 7 amide bonds. The molecule has 23 nitrogen and oxygen atoms in total. The van der Waals surface area contributed by atoms with E-state index in [4.69, 9.17) is 14.0 Å². The van der Waals surface area contributed by atoms with Gasteiger partial charge in [0.25, 0.3) is 5.91 Å². The second-order valence-electron chi connectivity index (χ2n) is 24.2. The number of alkyl halides is 2. The van der Waals surface area contributed by atoms with Crippen molar-refractivity contribution in [1.82, 2.24) is 41.2 Å². The molecule has 2 aliphatic heterocycles. The van der Waals surface area contributed by atoms with Crippen LogP contribution in [0.25, 0.3) is 20.5 Å². The summed E-state index contributed by atoms with van der Waals surface area (Å²) in [7, 11) is -5.85. The van der Waals surface area contributed by atoms with E-state index in [9.17, 15) is 61.8 Å². The summed E-state index contributed by atoms with van der Waals surface area (Å²) in [5.74, 6) is -3.87. The average Bonchev–Trinajstić information content (AvgIpc) is 1.80. The number of carbonyl (C=O) groups is 7. The molecule has 3 aromatic heterocycles. The maximum Gasteiger partial charge on any atom is 0.399 e. The summed E-state index contributed by atoms with van der Waals surface area (Å²) in [5.41, 5.74) is -0.974. The van der Waals surface area contributed by atoms with E-state index in [1.54, 1.807) is 63.5 Å². The first kappa shape index (κ1) is 71.0. The molecule has 6 aromatic rings. The van der Waals surface area contributed by atoms with Gasteiger partial charge >= 0.3 is 13.3 Å². The average molecular weight is 1400 g/mol. The van der Waals surface area contributed by atoms with Gasteiger partial charge in [0.2, 0.25) is 35.4 Å². The third-order valence-electron chi connectivity index (χ3n) is 15.9. The predicted octanol–water partition coefficient (Wildman–Crippen LogP) is 8.09. The van der Waals surface area contributed by atoms with Crippen molar-refractivity contribution >= 4 is 103 Å². The van der Waals surface area contributed by atoms with Crippen molar-refractivity contribution in [2.24, 2.45) is 11.3 Å². The number of benzene rings is 3. The van der Waals surface area contributed by atoms with Crippen molar-refractivity contribution in [3.63, 3.8) is 0 Å². The van der Waals surface area contributed by atoms with Crippen LogP contribution in [0.2, 0.25) is 0 Å². The minimum Gasteiger partial charge on any atom is -0.391 e. The summed E-state index contributed by atoms with van der Waals surface area (Å²) < 4.78 is 58.7. The molecule has 29 heteroatoms. The second-order valence-corrected chi connectivity index (χ2v) is 28.7. The van der Waals surface area contributed by atoms with Crippen LogP contribution in [0.4, 0.5) is 14.5 Å². The first-order valence-corrected chi connectivity index (χ1v) is 34.2. The van der Waals surface area contributed by atoms with Gasteiger partial charge in [0.1, 0.15) is 29.8 Å². The van der Waals surface area contributed by atoms with Gasteiger partial charge in [-0.25, -0.2) is 4.98 Å². The molecular weight excluding hydrogens is 1320 g/mol. The van der Waals surface area contributed by atoms with Crippen molar-refractivity contribution in [3.8, 4) is 10.4 Å². The Labute approximate surface area is 547 Å². The number of aliphatic hydroxyl groups excluding tert-OH is 1. The van der Waals surface area contributed by atoms with E-state index >= 15 is 0 Å². The van der Waals surface area contributed by atoms with Crippen LogP contribution in [0.5, 0.6) is 0 Å². The monoisotopic (exact) mass is 1400 g/mol. The molecule has 2 aliphatic rings. The number of thiophene rings is 1. The summed E-state index contributed by atoms with van der Waals surface area (Å²) in [4.78, 5) is 126. The van der Waals surface area contributed by atoms with E-state index in [-0.39, 0.29) is 112 Å². The van der Waals surface area contributed by atoms with Crippen LogP contribution in [0.1, 0.15) is 117 Å². The van der Waals surface area contributed by atoms with Crippen molar-refractivity contribution in [3.05, 3.63) is 122 Å². The molecule has 6 atom stereocenters. The van der Waals surface area contributed by atoms with Crippen LogP contribution in [0, 0.1) is 25.2 Å². The van der Waals surface area contributed by atoms with Gasteiger partial charge in [0.05, 0.1) is 71.6 Å². The molecule has 0 spiro atoms. The number of halogens is 3. The molecule has 0 bridgehead atoms. The molecule has 2 fully saturated rings. The number of nitrogens with zero attached hydrogens (tertiary/aromatic N) is 5. The normalized spacial score (nSPS) is 17.2. The van der Waals surface area contributed by atoms with Gasteiger partial charge in [-0.05, 0) is 97.0 Å². The van der Waals surface area contributed by atoms with Crippen LogP contribution in [-0.2, 0) is 48.5 Å². The number of aliphatic hydroxyl groups is 1. The number of hydrogen-bond acceptors (Lipinski definition) is 16. The fourth-order valence-electron chi connectivity index (χ4n) is 11.1. The number of aryl methyl sites for hydroxylation is 2. The highest BCUT2D eigenvalue weighted by Gasteiger charge is 2.51. The van der Waals surface area contributed by atoms with Gasteiger partial charge in [0.15, 0.2) is 0 Å². The molecule has 92 heavy (non-hydrogen) atoms. The standard InChI is InChI=1S/C63H77BrF2N9O14PS2/c1-36(2)54(49-29-37(3)72-89-49)60(82)75-34-45(76)32-48(75)57(79)70-46(39-10-12-40(13-11-39)55-38(4)69-35-91-55)33-53(78)68-22-26-88-28-27-87-25-21-67-52(77)20-24-73(44-17-15-43(64)16-18-44)59(81)47-9-8-23-74(47)61(83)56(62(5,6)7)71-58(80)51-31-41-30-42(14-19-50(41)92-51)63(65,66)90(84,85)86/h10-19,29-31,35-36,45-48,54,56,76H,8-9,20-28,32-34H2,1-7H3,(H,67,77)(H,68,78)(H,70,79)(H,71,80)(H2,84,85,86)/t45-,46+,47+,48+,54-,56-/m1/s1. The molecule has 5 heterocycles. The Morgan fingerprint density at radius 3 is 2.14 bits per heavy atom. The summed E-state index contributed by atoms with van der Waals surface area (Å²) >= 11 is 5.87.